The third kappa shape index (κ3) is 3.09. The van der Waals surface area contributed by atoms with Gasteiger partial charge < -0.3 is 16.2 Å². The second kappa shape index (κ2) is 5.98. The van der Waals surface area contributed by atoms with E-state index in [0.717, 1.165) is 36.9 Å². The molecule has 0 bridgehead atoms. The normalized spacial score (nSPS) is 23.7. The Labute approximate surface area is 107 Å². The van der Waals surface area contributed by atoms with Gasteiger partial charge in [-0.25, -0.2) is 0 Å². The first-order valence-electron chi connectivity index (χ1n) is 6.47. The second-order valence-corrected chi connectivity index (χ2v) is 4.90. The number of carbonyl (C=O) groups excluding carboxylic acids is 1. The van der Waals surface area contributed by atoms with Gasteiger partial charge in [0.15, 0.2) is 0 Å². The lowest BCUT2D eigenvalue weighted by molar-refractivity contribution is -0.121. The molecule has 1 aromatic rings. The Kier molecular flexibility index (Phi) is 4.33. The number of anilines is 1. The van der Waals surface area contributed by atoms with Crippen molar-refractivity contribution in [2.24, 2.45) is 11.7 Å². The Bertz CT molecular complexity index is 420. The molecule has 1 aromatic carbocycles. The van der Waals surface area contributed by atoms with Crippen LogP contribution in [0.5, 0.6) is 0 Å². The quantitative estimate of drug-likeness (QED) is 0.761. The molecule has 4 N–H and O–H groups in total. The van der Waals surface area contributed by atoms with Gasteiger partial charge in [0, 0.05) is 11.7 Å². The summed E-state index contributed by atoms with van der Waals surface area (Å²) in [5, 5.41) is 11.9. The lowest BCUT2D eigenvalue weighted by atomic mass is 9.84. The molecule has 1 fully saturated rings. The van der Waals surface area contributed by atoms with Crippen LogP contribution in [-0.2, 0) is 11.4 Å². The fourth-order valence-corrected chi connectivity index (χ4v) is 2.47. The van der Waals surface area contributed by atoms with Crippen molar-refractivity contribution in [3.05, 3.63) is 29.8 Å². The maximum Gasteiger partial charge on any atom is 0.229 e. The van der Waals surface area contributed by atoms with Crippen LogP contribution in [0.4, 0.5) is 5.69 Å². The van der Waals surface area contributed by atoms with Gasteiger partial charge in [0.05, 0.1) is 12.5 Å². The third-order valence-electron chi connectivity index (χ3n) is 3.53. The highest BCUT2D eigenvalue weighted by Gasteiger charge is 2.28. The van der Waals surface area contributed by atoms with E-state index in [1.165, 1.54) is 0 Å². The first-order valence-corrected chi connectivity index (χ1v) is 6.47. The van der Waals surface area contributed by atoms with Gasteiger partial charge in [0.2, 0.25) is 5.91 Å². The Balaban J connectivity index is 2.01. The molecule has 1 saturated carbocycles. The van der Waals surface area contributed by atoms with E-state index in [1.807, 2.05) is 18.2 Å². The van der Waals surface area contributed by atoms with Gasteiger partial charge in [-0.05, 0) is 30.5 Å². The smallest absolute Gasteiger partial charge is 0.229 e. The molecular weight excluding hydrogens is 228 g/mol. The van der Waals surface area contributed by atoms with E-state index in [2.05, 4.69) is 5.32 Å². The maximum atomic E-state index is 12.1. The molecule has 4 nitrogen and oxygen atoms in total. The zero-order valence-corrected chi connectivity index (χ0v) is 10.4. The van der Waals surface area contributed by atoms with Crippen LogP contribution >= 0.6 is 0 Å². The van der Waals surface area contributed by atoms with E-state index in [9.17, 15) is 4.79 Å². The fourth-order valence-electron chi connectivity index (χ4n) is 2.47. The monoisotopic (exact) mass is 248 g/mol. The minimum Gasteiger partial charge on any atom is -0.392 e. The number of nitrogens with two attached hydrogens (primary N) is 1. The van der Waals surface area contributed by atoms with Gasteiger partial charge in [-0.15, -0.1) is 0 Å². The molecule has 4 heteroatoms. The lowest BCUT2D eigenvalue weighted by Gasteiger charge is -2.27. The molecule has 1 aliphatic rings. The Morgan fingerprint density at radius 1 is 1.39 bits per heavy atom. The Morgan fingerprint density at radius 2 is 2.17 bits per heavy atom. The summed E-state index contributed by atoms with van der Waals surface area (Å²) in [5.41, 5.74) is 7.51. The summed E-state index contributed by atoms with van der Waals surface area (Å²) in [7, 11) is 0. The lowest BCUT2D eigenvalue weighted by Crippen LogP contribution is -2.40. The highest BCUT2D eigenvalue weighted by Crippen LogP contribution is 2.24. The Hall–Kier alpha value is -1.39. The van der Waals surface area contributed by atoms with Crippen LogP contribution in [0, 0.1) is 5.92 Å². The molecular formula is C14H20N2O2. The van der Waals surface area contributed by atoms with Crippen molar-refractivity contribution in [1.29, 1.82) is 0 Å². The molecule has 18 heavy (non-hydrogen) atoms. The predicted octanol–water partition coefficient (Wildman–Crippen LogP) is 1.63. The fraction of sp³-hybridized carbons (Fsp3) is 0.500. The van der Waals surface area contributed by atoms with Crippen LogP contribution in [0.2, 0.25) is 0 Å². The van der Waals surface area contributed by atoms with Crippen molar-refractivity contribution in [1.82, 2.24) is 0 Å². The zero-order chi connectivity index (χ0) is 13.0. The number of nitrogens with one attached hydrogen (secondary N) is 1. The maximum absolute atomic E-state index is 12.1. The summed E-state index contributed by atoms with van der Waals surface area (Å²) < 4.78 is 0. The number of hydrogen-bond acceptors (Lipinski definition) is 3. The molecule has 0 spiro atoms. The van der Waals surface area contributed by atoms with Gasteiger partial charge in [-0.2, -0.15) is 0 Å². The average molecular weight is 248 g/mol. The predicted molar refractivity (Wildman–Crippen MR) is 70.9 cm³/mol. The molecule has 1 aliphatic carbocycles. The molecule has 0 aliphatic heterocycles. The molecule has 2 atom stereocenters. The number of amides is 1. The van der Waals surface area contributed by atoms with E-state index in [4.69, 9.17) is 10.8 Å². The van der Waals surface area contributed by atoms with Gasteiger partial charge in [0.25, 0.3) is 0 Å². The van der Waals surface area contributed by atoms with E-state index in [-0.39, 0.29) is 24.5 Å². The summed E-state index contributed by atoms with van der Waals surface area (Å²) in [5.74, 6) is -0.0891. The summed E-state index contributed by atoms with van der Waals surface area (Å²) in [6, 6.07) is 7.22. The van der Waals surface area contributed by atoms with Crippen LogP contribution in [0.1, 0.15) is 31.2 Å². The molecule has 0 heterocycles. The van der Waals surface area contributed by atoms with Gasteiger partial charge in [-0.3, -0.25) is 4.79 Å². The number of aliphatic hydroxyl groups is 1. The van der Waals surface area contributed by atoms with Crippen molar-refractivity contribution >= 4 is 11.6 Å². The number of rotatable bonds is 3. The topological polar surface area (TPSA) is 75.4 Å². The third-order valence-corrected chi connectivity index (χ3v) is 3.53. The molecule has 0 aromatic heterocycles. The molecule has 0 radical (unpaired) electrons. The number of hydrogen-bond donors (Lipinski definition) is 3. The van der Waals surface area contributed by atoms with Crippen molar-refractivity contribution in [3.63, 3.8) is 0 Å². The molecule has 2 rings (SSSR count). The zero-order valence-electron chi connectivity index (χ0n) is 10.4. The summed E-state index contributed by atoms with van der Waals surface area (Å²) in [6.07, 6.45) is 3.98. The Morgan fingerprint density at radius 3 is 2.89 bits per heavy atom. The first-order chi connectivity index (χ1) is 8.70. The first kappa shape index (κ1) is 13.1. The van der Waals surface area contributed by atoms with Crippen LogP contribution in [0.15, 0.2) is 24.3 Å². The van der Waals surface area contributed by atoms with Crippen LogP contribution in [0.3, 0.4) is 0 Å². The molecule has 0 saturated heterocycles. The average Bonchev–Trinajstić information content (AvgIpc) is 2.39. The van der Waals surface area contributed by atoms with Crippen LogP contribution in [-0.4, -0.2) is 17.1 Å². The van der Waals surface area contributed by atoms with Crippen molar-refractivity contribution < 1.29 is 9.90 Å². The van der Waals surface area contributed by atoms with Gasteiger partial charge >= 0.3 is 0 Å². The van der Waals surface area contributed by atoms with E-state index in [0.29, 0.717) is 0 Å². The summed E-state index contributed by atoms with van der Waals surface area (Å²) in [4.78, 5) is 12.1. The highest BCUT2D eigenvalue weighted by atomic mass is 16.3. The van der Waals surface area contributed by atoms with Crippen LogP contribution in [0.25, 0.3) is 0 Å². The summed E-state index contributed by atoms with van der Waals surface area (Å²) in [6.45, 7) is -0.0212. The highest BCUT2D eigenvalue weighted by molar-refractivity contribution is 5.93. The number of benzene rings is 1. The molecule has 1 amide bonds. The van der Waals surface area contributed by atoms with Crippen molar-refractivity contribution in [3.8, 4) is 0 Å². The van der Waals surface area contributed by atoms with E-state index in [1.54, 1.807) is 6.07 Å². The number of aliphatic hydroxyl groups excluding tert-OH is 1. The minimum absolute atomic E-state index is 0.00251. The van der Waals surface area contributed by atoms with Gasteiger partial charge in [0.1, 0.15) is 0 Å². The largest absolute Gasteiger partial charge is 0.392 e. The van der Waals surface area contributed by atoms with E-state index < -0.39 is 0 Å². The SMILES string of the molecule is NC1CCCCC1C(=O)Nc1cccc(CO)c1. The van der Waals surface area contributed by atoms with Crippen molar-refractivity contribution in [2.75, 3.05) is 5.32 Å². The molecule has 98 valence electrons. The van der Waals surface area contributed by atoms with E-state index >= 15 is 0 Å². The number of carbonyl (C=O) groups is 1. The minimum atomic E-state index is -0.0865. The van der Waals surface area contributed by atoms with Gasteiger partial charge in [-0.1, -0.05) is 25.0 Å². The van der Waals surface area contributed by atoms with Crippen LogP contribution < -0.4 is 11.1 Å². The van der Waals surface area contributed by atoms with Crippen molar-refractivity contribution in [2.45, 2.75) is 38.3 Å². The standard InChI is InChI=1S/C14H20N2O2/c15-13-7-2-1-6-12(13)14(18)16-11-5-3-4-10(8-11)9-17/h3-5,8,12-13,17H,1-2,6-7,9,15H2,(H,16,18). The summed E-state index contributed by atoms with van der Waals surface area (Å²) >= 11 is 0. The molecule has 2 unspecified atom stereocenters. The second-order valence-electron chi connectivity index (χ2n) is 4.90.